The lowest BCUT2D eigenvalue weighted by atomic mass is 10.1. The van der Waals surface area contributed by atoms with E-state index < -0.39 is 17.5 Å². The van der Waals surface area contributed by atoms with Gasteiger partial charge in [-0.05, 0) is 37.8 Å². The summed E-state index contributed by atoms with van der Waals surface area (Å²) in [7, 11) is 0. The molecule has 3 heterocycles. The molecule has 0 unspecified atom stereocenters. The molecule has 4 rings (SSSR count). The van der Waals surface area contributed by atoms with Gasteiger partial charge in [-0.1, -0.05) is 0 Å². The Labute approximate surface area is 184 Å². The van der Waals surface area contributed by atoms with Gasteiger partial charge < -0.3 is 31.7 Å². The van der Waals surface area contributed by atoms with Gasteiger partial charge in [-0.3, -0.25) is 4.79 Å². The van der Waals surface area contributed by atoms with Crippen molar-refractivity contribution in [3.05, 3.63) is 35.5 Å². The van der Waals surface area contributed by atoms with E-state index in [2.05, 4.69) is 20.6 Å². The largest absolute Gasteiger partial charge is 0.378 e. The summed E-state index contributed by atoms with van der Waals surface area (Å²) in [6.07, 6.45) is 3.44. The average molecular weight is 447 g/mol. The zero-order valence-electron chi connectivity index (χ0n) is 17.8. The van der Waals surface area contributed by atoms with Crippen LogP contribution in [0.5, 0.6) is 0 Å². The van der Waals surface area contributed by atoms with E-state index in [0.29, 0.717) is 32.2 Å². The van der Waals surface area contributed by atoms with Crippen molar-refractivity contribution in [1.29, 1.82) is 0 Å². The van der Waals surface area contributed by atoms with Crippen LogP contribution in [0.1, 0.15) is 30.1 Å². The van der Waals surface area contributed by atoms with Gasteiger partial charge in [0.2, 0.25) is 0 Å². The molecule has 0 spiro atoms. The number of hydrogen-bond donors (Lipinski definition) is 4. The fourth-order valence-corrected chi connectivity index (χ4v) is 3.82. The standard InChI is InChI=1S/C21H27F2N7O2/c1-11(24)17(12-2-3-12)28-20-14(22)10-13(18(25)31)19(29-20)27-15-4-5-26-21(16(15)23)30-6-8-32-9-7-30/h4-5,10-12,17H,2-3,6-9,24H2,1H3,(H2,25,31)(H2,26,27,28,29)/t11-,17-/m0/s1. The summed E-state index contributed by atoms with van der Waals surface area (Å²) in [6, 6.07) is 2.00. The van der Waals surface area contributed by atoms with E-state index in [1.165, 1.54) is 12.3 Å². The Balaban J connectivity index is 1.66. The number of carbonyl (C=O) groups excluding carboxylic acids is 1. The summed E-state index contributed by atoms with van der Waals surface area (Å²) in [6.45, 7) is 3.79. The van der Waals surface area contributed by atoms with Crippen LogP contribution in [-0.4, -0.2) is 54.3 Å². The van der Waals surface area contributed by atoms with Crippen molar-refractivity contribution in [2.45, 2.75) is 31.8 Å². The zero-order chi connectivity index (χ0) is 22.8. The number of ether oxygens (including phenoxy) is 1. The minimum Gasteiger partial charge on any atom is -0.378 e. The first-order chi connectivity index (χ1) is 15.3. The predicted molar refractivity (Wildman–Crippen MR) is 117 cm³/mol. The van der Waals surface area contributed by atoms with Crippen molar-refractivity contribution in [3.63, 3.8) is 0 Å². The number of amides is 1. The van der Waals surface area contributed by atoms with Gasteiger partial charge in [0, 0.05) is 31.4 Å². The van der Waals surface area contributed by atoms with Crippen LogP contribution < -0.4 is 27.0 Å². The van der Waals surface area contributed by atoms with Gasteiger partial charge in [0.05, 0.1) is 24.5 Å². The highest BCUT2D eigenvalue weighted by Gasteiger charge is 2.34. The highest BCUT2D eigenvalue weighted by molar-refractivity contribution is 5.98. The van der Waals surface area contributed by atoms with E-state index in [0.717, 1.165) is 18.9 Å². The predicted octanol–water partition coefficient (Wildman–Crippen LogP) is 1.97. The molecule has 2 aliphatic rings. The number of nitrogens with one attached hydrogen (secondary N) is 2. The lowest BCUT2D eigenvalue weighted by Crippen LogP contribution is -2.40. The van der Waals surface area contributed by atoms with Crippen molar-refractivity contribution < 1.29 is 18.3 Å². The molecule has 1 aliphatic carbocycles. The number of morpholine rings is 1. The molecular formula is C21H27F2N7O2. The lowest BCUT2D eigenvalue weighted by Gasteiger charge is -2.28. The summed E-state index contributed by atoms with van der Waals surface area (Å²) in [4.78, 5) is 22.1. The van der Waals surface area contributed by atoms with Gasteiger partial charge in [-0.2, -0.15) is 0 Å². The number of rotatable bonds is 8. The Bertz CT molecular complexity index is 992. The van der Waals surface area contributed by atoms with Crippen molar-refractivity contribution in [2.75, 3.05) is 41.8 Å². The molecule has 11 heteroatoms. The number of nitrogens with zero attached hydrogens (tertiary/aromatic N) is 3. The number of primary amides is 1. The SMILES string of the molecule is C[C@H](N)[C@H](Nc1nc(Nc2ccnc(N3CCOCC3)c2F)c(C(N)=O)cc1F)C1CC1. The molecule has 9 nitrogen and oxygen atoms in total. The van der Waals surface area contributed by atoms with Crippen LogP contribution in [0.25, 0.3) is 0 Å². The quantitative estimate of drug-likeness (QED) is 0.483. The first kappa shape index (κ1) is 22.2. The van der Waals surface area contributed by atoms with Gasteiger partial charge in [0.1, 0.15) is 5.82 Å². The maximum Gasteiger partial charge on any atom is 0.252 e. The molecule has 2 aromatic heterocycles. The lowest BCUT2D eigenvalue weighted by molar-refractivity contribution is 0.100. The van der Waals surface area contributed by atoms with Gasteiger partial charge in [0.25, 0.3) is 5.91 Å². The van der Waals surface area contributed by atoms with Crippen molar-refractivity contribution >= 4 is 29.0 Å². The summed E-state index contributed by atoms with van der Waals surface area (Å²) < 4.78 is 35.2. The average Bonchev–Trinajstić information content (AvgIpc) is 3.60. The number of hydrogen-bond acceptors (Lipinski definition) is 8. The first-order valence-electron chi connectivity index (χ1n) is 10.6. The van der Waals surface area contributed by atoms with Crippen LogP contribution in [0.3, 0.4) is 0 Å². The number of carbonyl (C=O) groups is 1. The normalized spacial score (nSPS) is 18.2. The minimum absolute atomic E-state index is 0.0417. The first-order valence-corrected chi connectivity index (χ1v) is 10.6. The van der Waals surface area contributed by atoms with Gasteiger partial charge in [-0.25, -0.2) is 18.7 Å². The van der Waals surface area contributed by atoms with Crippen LogP contribution in [0.15, 0.2) is 18.3 Å². The summed E-state index contributed by atoms with van der Waals surface area (Å²) >= 11 is 0. The number of halogens is 2. The molecule has 0 aromatic carbocycles. The van der Waals surface area contributed by atoms with Crippen molar-refractivity contribution in [2.24, 2.45) is 17.4 Å². The monoisotopic (exact) mass is 447 g/mol. The third-order valence-corrected chi connectivity index (χ3v) is 5.68. The molecule has 32 heavy (non-hydrogen) atoms. The third kappa shape index (κ3) is 4.73. The Kier molecular flexibility index (Phi) is 6.38. The number of aromatic nitrogens is 2. The molecule has 2 fully saturated rings. The second-order valence-electron chi connectivity index (χ2n) is 8.17. The molecule has 1 saturated heterocycles. The minimum atomic E-state index is -0.890. The Morgan fingerprint density at radius 3 is 2.62 bits per heavy atom. The Hall–Kier alpha value is -3.05. The van der Waals surface area contributed by atoms with Gasteiger partial charge >= 0.3 is 0 Å². The summed E-state index contributed by atoms with van der Waals surface area (Å²) in [5.41, 5.74) is 11.3. The number of anilines is 4. The highest BCUT2D eigenvalue weighted by atomic mass is 19.1. The highest BCUT2D eigenvalue weighted by Crippen LogP contribution is 2.36. The fourth-order valence-electron chi connectivity index (χ4n) is 3.82. The van der Waals surface area contributed by atoms with Crippen LogP contribution >= 0.6 is 0 Å². The molecular weight excluding hydrogens is 420 g/mol. The zero-order valence-corrected chi connectivity index (χ0v) is 17.8. The molecule has 172 valence electrons. The van der Waals surface area contributed by atoms with E-state index in [9.17, 15) is 9.18 Å². The topological polar surface area (TPSA) is 131 Å². The Morgan fingerprint density at radius 1 is 1.28 bits per heavy atom. The van der Waals surface area contributed by atoms with Crippen molar-refractivity contribution in [1.82, 2.24) is 9.97 Å². The molecule has 6 N–H and O–H groups in total. The van der Waals surface area contributed by atoms with Gasteiger partial charge in [-0.15, -0.1) is 0 Å². The van der Waals surface area contributed by atoms with E-state index in [4.69, 9.17) is 16.2 Å². The fraction of sp³-hybridized carbons (Fsp3) is 0.476. The molecule has 1 saturated carbocycles. The van der Waals surface area contributed by atoms with E-state index >= 15 is 4.39 Å². The van der Waals surface area contributed by atoms with Crippen molar-refractivity contribution in [3.8, 4) is 0 Å². The second-order valence-corrected chi connectivity index (χ2v) is 8.17. The van der Waals surface area contributed by atoms with Crippen LogP contribution in [0, 0.1) is 17.6 Å². The maximum atomic E-state index is 15.2. The third-order valence-electron chi connectivity index (χ3n) is 5.68. The molecule has 0 bridgehead atoms. The Morgan fingerprint density at radius 2 is 2.00 bits per heavy atom. The number of nitrogens with two attached hydrogens (primary N) is 2. The molecule has 2 atom stereocenters. The second kappa shape index (κ2) is 9.21. The molecule has 0 radical (unpaired) electrons. The molecule has 1 amide bonds. The van der Waals surface area contributed by atoms with Crippen LogP contribution in [-0.2, 0) is 4.74 Å². The molecule has 1 aliphatic heterocycles. The van der Waals surface area contributed by atoms with E-state index in [1.54, 1.807) is 4.90 Å². The van der Waals surface area contributed by atoms with E-state index in [-0.39, 0.29) is 40.8 Å². The smallest absolute Gasteiger partial charge is 0.252 e. The summed E-state index contributed by atoms with van der Waals surface area (Å²) in [5.74, 6) is -1.88. The molecule has 2 aromatic rings. The van der Waals surface area contributed by atoms with Crippen LogP contribution in [0.2, 0.25) is 0 Å². The number of pyridine rings is 2. The van der Waals surface area contributed by atoms with Gasteiger partial charge in [0.15, 0.2) is 23.3 Å². The maximum absolute atomic E-state index is 15.2. The van der Waals surface area contributed by atoms with E-state index in [1.807, 2.05) is 6.92 Å². The van der Waals surface area contributed by atoms with Crippen LogP contribution in [0.4, 0.5) is 31.9 Å². The summed E-state index contributed by atoms with van der Waals surface area (Å²) in [5, 5.41) is 5.84.